The Hall–Kier alpha value is -2.14. The van der Waals surface area contributed by atoms with Gasteiger partial charge in [0.15, 0.2) is 11.5 Å². The molecule has 5 nitrogen and oxygen atoms in total. The molecule has 2 rings (SSSR count). The summed E-state index contributed by atoms with van der Waals surface area (Å²) in [7, 11) is 0. The first kappa shape index (κ1) is 15.3. The number of rotatable bonds is 5. The minimum absolute atomic E-state index is 0.0579. The molecule has 0 aliphatic carbocycles. The van der Waals surface area contributed by atoms with Gasteiger partial charge in [0, 0.05) is 6.07 Å². The SMILES string of the molecule is CC(C)c1cccc(OCc2nc(Cl)cc(C(=O)O)n2)c1. The minimum atomic E-state index is -1.15. The van der Waals surface area contributed by atoms with E-state index in [0.717, 1.165) is 5.56 Å². The van der Waals surface area contributed by atoms with Crippen molar-refractivity contribution in [3.8, 4) is 5.75 Å². The summed E-state index contributed by atoms with van der Waals surface area (Å²) >= 11 is 5.77. The van der Waals surface area contributed by atoms with E-state index in [9.17, 15) is 4.79 Å². The van der Waals surface area contributed by atoms with Gasteiger partial charge in [-0.3, -0.25) is 0 Å². The molecule has 0 aliphatic heterocycles. The molecule has 0 spiro atoms. The molecule has 110 valence electrons. The molecule has 1 N–H and O–H groups in total. The van der Waals surface area contributed by atoms with Crippen LogP contribution in [0.3, 0.4) is 0 Å². The van der Waals surface area contributed by atoms with Crippen LogP contribution in [0.4, 0.5) is 0 Å². The summed E-state index contributed by atoms with van der Waals surface area (Å²) in [5.74, 6) is 0.161. The van der Waals surface area contributed by atoms with Crippen molar-refractivity contribution >= 4 is 17.6 Å². The highest BCUT2D eigenvalue weighted by Crippen LogP contribution is 2.20. The van der Waals surface area contributed by atoms with Gasteiger partial charge in [0.25, 0.3) is 0 Å². The second-order valence-electron chi connectivity index (χ2n) is 4.81. The summed E-state index contributed by atoms with van der Waals surface area (Å²) < 4.78 is 5.60. The van der Waals surface area contributed by atoms with Gasteiger partial charge in [-0.05, 0) is 23.6 Å². The summed E-state index contributed by atoms with van der Waals surface area (Å²) in [4.78, 5) is 18.7. The fourth-order valence-corrected chi connectivity index (χ4v) is 1.95. The van der Waals surface area contributed by atoms with Crippen molar-refractivity contribution in [2.45, 2.75) is 26.4 Å². The first-order valence-corrected chi connectivity index (χ1v) is 6.83. The predicted molar refractivity (Wildman–Crippen MR) is 78.9 cm³/mol. The highest BCUT2D eigenvalue weighted by atomic mass is 35.5. The lowest BCUT2D eigenvalue weighted by molar-refractivity contribution is 0.0689. The van der Waals surface area contributed by atoms with Gasteiger partial charge in [-0.2, -0.15) is 0 Å². The van der Waals surface area contributed by atoms with E-state index >= 15 is 0 Å². The zero-order valence-electron chi connectivity index (χ0n) is 11.7. The second kappa shape index (κ2) is 6.54. The Morgan fingerprint density at radius 2 is 2.10 bits per heavy atom. The number of carbonyl (C=O) groups is 1. The fraction of sp³-hybridized carbons (Fsp3) is 0.267. The van der Waals surface area contributed by atoms with E-state index in [-0.39, 0.29) is 23.3 Å². The lowest BCUT2D eigenvalue weighted by atomic mass is 10.0. The van der Waals surface area contributed by atoms with Crippen LogP contribution in [0.25, 0.3) is 0 Å². The molecule has 21 heavy (non-hydrogen) atoms. The molecule has 0 radical (unpaired) electrons. The van der Waals surface area contributed by atoms with Crippen molar-refractivity contribution in [3.05, 3.63) is 52.6 Å². The summed E-state index contributed by atoms with van der Waals surface area (Å²) in [6.45, 7) is 4.25. The van der Waals surface area contributed by atoms with E-state index in [4.69, 9.17) is 21.4 Å². The van der Waals surface area contributed by atoms with E-state index in [2.05, 4.69) is 23.8 Å². The van der Waals surface area contributed by atoms with Crippen LogP contribution < -0.4 is 4.74 Å². The summed E-state index contributed by atoms with van der Waals surface area (Å²) in [6, 6.07) is 8.90. The fourth-order valence-electron chi connectivity index (χ4n) is 1.75. The third kappa shape index (κ3) is 4.16. The Balaban J connectivity index is 2.13. The van der Waals surface area contributed by atoms with Crippen LogP contribution in [0.1, 0.15) is 41.6 Å². The van der Waals surface area contributed by atoms with Crippen LogP contribution in [-0.4, -0.2) is 21.0 Å². The van der Waals surface area contributed by atoms with Crippen molar-refractivity contribution in [1.82, 2.24) is 9.97 Å². The van der Waals surface area contributed by atoms with Crippen molar-refractivity contribution in [2.75, 3.05) is 0 Å². The summed E-state index contributed by atoms with van der Waals surface area (Å²) in [5.41, 5.74) is 1.01. The standard InChI is InChI=1S/C15H15ClN2O3/c1-9(2)10-4-3-5-11(6-10)21-8-14-17-12(15(19)20)7-13(16)18-14/h3-7,9H,8H2,1-2H3,(H,19,20). The lowest BCUT2D eigenvalue weighted by Crippen LogP contribution is -2.08. The van der Waals surface area contributed by atoms with E-state index in [0.29, 0.717) is 11.7 Å². The number of aromatic carboxylic acids is 1. The first-order valence-electron chi connectivity index (χ1n) is 6.45. The number of hydrogen-bond acceptors (Lipinski definition) is 4. The number of halogens is 1. The van der Waals surface area contributed by atoms with Crippen molar-refractivity contribution in [1.29, 1.82) is 0 Å². The molecule has 0 atom stereocenters. The van der Waals surface area contributed by atoms with Gasteiger partial charge < -0.3 is 9.84 Å². The van der Waals surface area contributed by atoms with Gasteiger partial charge in [0.2, 0.25) is 0 Å². The van der Waals surface area contributed by atoms with Crippen LogP contribution in [0.2, 0.25) is 5.15 Å². The number of aromatic nitrogens is 2. The molecule has 0 amide bonds. The molecule has 2 aromatic rings. The number of benzene rings is 1. The first-order chi connectivity index (χ1) is 9.95. The molecule has 0 bridgehead atoms. The molecule has 0 saturated heterocycles. The van der Waals surface area contributed by atoms with Crippen LogP contribution in [0, 0.1) is 0 Å². The van der Waals surface area contributed by atoms with E-state index in [1.54, 1.807) is 0 Å². The topological polar surface area (TPSA) is 72.3 Å². The van der Waals surface area contributed by atoms with Gasteiger partial charge in [0.1, 0.15) is 17.5 Å². The zero-order valence-corrected chi connectivity index (χ0v) is 12.5. The van der Waals surface area contributed by atoms with Gasteiger partial charge in [0.05, 0.1) is 0 Å². The largest absolute Gasteiger partial charge is 0.486 e. The molecule has 1 aromatic carbocycles. The van der Waals surface area contributed by atoms with Crippen molar-refractivity contribution in [2.24, 2.45) is 0 Å². The van der Waals surface area contributed by atoms with E-state index < -0.39 is 5.97 Å². The Morgan fingerprint density at radius 1 is 1.33 bits per heavy atom. The quantitative estimate of drug-likeness (QED) is 0.855. The molecule has 0 unspecified atom stereocenters. The maximum Gasteiger partial charge on any atom is 0.354 e. The molecule has 0 saturated carbocycles. The van der Waals surface area contributed by atoms with Gasteiger partial charge >= 0.3 is 5.97 Å². The number of carboxylic acid groups (broad SMARTS) is 1. The van der Waals surface area contributed by atoms with Gasteiger partial charge in [-0.1, -0.05) is 37.6 Å². The van der Waals surface area contributed by atoms with E-state index in [1.165, 1.54) is 6.07 Å². The predicted octanol–water partition coefficient (Wildman–Crippen LogP) is 3.53. The number of ether oxygens (including phenoxy) is 1. The van der Waals surface area contributed by atoms with Gasteiger partial charge in [-0.25, -0.2) is 14.8 Å². The van der Waals surface area contributed by atoms with E-state index in [1.807, 2.05) is 24.3 Å². The van der Waals surface area contributed by atoms with Crippen LogP contribution in [0.15, 0.2) is 30.3 Å². The third-order valence-corrected chi connectivity index (χ3v) is 3.05. The zero-order chi connectivity index (χ0) is 15.4. The van der Waals surface area contributed by atoms with Crippen molar-refractivity contribution < 1.29 is 14.6 Å². The second-order valence-corrected chi connectivity index (χ2v) is 5.20. The Bertz CT molecular complexity index is 659. The average molecular weight is 307 g/mol. The molecule has 1 heterocycles. The van der Waals surface area contributed by atoms with Crippen LogP contribution in [-0.2, 0) is 6.61 Å². The summed E-state index contributed by atoms with van der Waals surface area (Å²) in [5, 5.41) is 9.01. The average Bonchev–Trinajstić information content (AvgIpc) is 2.45. The maximum absolute atomic E-state index is 10.9. The monoisotopic (exact) mass is 306 g/mol. The number of nitrogens with zero attached hydrogens (tertiary/aromatic N) is 2. The number of carboxylic acids is 1. The highest BCUT2D eigenvalue weighted by molar-refractivity contribution is 6.29. The Labute approximate surface area is 127 Å². The highest BCUT2D eigenvalue weighted by Gasteiger charge is 2.10. The molecule has 1 aromatic heterocycles. The Kier molecular flexibility index (Phi) is 4.75. The number of hydrogen-bond donors (Lipinski definition) is 1. The Morgan fingerprint density at radius 3 is 2.76 bits per heavy atom. The molecule has 6 heteroatoms. The molecular weight excluding hydrogens is 292 g/mol. The van der Waals surface area contributed by atoms with Gasteiger partial charge in [-0.15, -0.1) is 0 Å². The smallest absolute Gasteiger partial charge is 0.354 e. The van der Waals surface area contributed by atoms with Crippen LogP contribution in [0.5, 0.6) is 5.75 Å². The molecule has 0 fully saturated rings. The summed E-state index contributed by atoms with van der Waals surface area (Å²) in [6.07, 6.45) is 0. The lowest BCUT2D eigenvalue weighted by Gasteiger charge is -2.09. The molecular formula is C15H15ClN2O3. The normalized spacial score (nSPS) is 10.7. The van der Waals surface area contributed by atoms with Crippen LogP contribution >= 0.6 is 11.6 Å². The molecule has 0 aliphatic rings. The van der Waals surface area contributed by atoms with Crippen molar-refractivity contribution in [3.63, 3.8) is 0 Å². The third-order valence-electron chi connectivity index (χ3n) is 2.85. The maximum atomic E-state index is 10.9. The minimum Gasteiger partial charge on any atom is -0.486 e.